The molecule has 0 spiro atoms. The van der Waals surface area contributed by atoms with Crippen LogP contribution in [0.15, 0.2) is 48.5 Å². The van der Waals surface area contributed by atoms with Crippen LogP contribution in [0.25, 0.3) is 0 Å². The van der Waals surface area contributed by atoms with Crippen LogP contribution in [0.3, 0.4) is 0 Å². The molecule has 166 valence electrons. The van der Waals surface area contributed by atoms with E-state index in [0.717, 1.165) is 63.1 Å². The van der Waals surface area contributed by atoms with Crippen LogP contribution < -0.4 is 19.1 Å². The second kappa shape index (κ2) is 9.37. The molecule has 2 saturated heterocycles. The van der Waals surface area contributed by atoms with Crippen molar-refractivity contribution in [3.05, 3.63) is 48.5 Å². The first kappa shape index (κ1) is 20.5. The van der Waals surface area contributed by atoms with Crippen molar-refractivity contribution in [3.8, 4) is 17.2 Å². The SMILES string of the molecule is COc1cccc(N2CCN(C3CCN(CC4COc5ccccc5O4)CC3)CC2)c1. The summed E-state index contributed by atoms with van der Waals surface area (Å²) < 4.78 is 17.4. The van der Waals surface area contributed by atoms with Crippen LogP contribution >= 0.6 is 0 Å². The van der Waals surface area contributed by atoms with E-state index in [1.165, 1.54) is 18.5 Å². The average molecular weight is 424 g/mol. The van der Waals surface area contributed by atoms with E-state index in [1.807, 2.05) is 30.3 Å². The fourth-order valence-electron chi connectivity index (χ4n) is 5.06. The number of benzene rings is 2. The molecule has 0 amide bonds. The lowest BCUT2D eigenvalue weighted by atomic mass is 10.0. The summed E-state index contributed by atoms with van der Waals surface area (Å²) in [4.78, 5) is 7.72. The van der Waals surface area contributed by atoms with E-state index >= 15 is 0 Å². The van der Waals surface area contributed by atoms with Crippen molar-refractivity contribution < 1.29 is 14.2 Å². The van der Waals surface area contributed by atoms with Crippen molar-refractivity contribution in [1.82, 2.24) is 9.80 Å². The van der Waals surface area contributed by atoms with Crippen LogP contribution in [0.2, 0.25) is 0 Å². The van der Waals surface area contributed by atoms with Crippen LogP contribution in [-0.4, -0.2) is 81.5 Å². The summed E-state index contributed by atoms with van der Waals surface area (Å²) in [6.07, 6.45) is 2.60. The van der Waals surface area contributed by atoms with Crippen molar-refractivity contribution in [1.29, 1.82) is 0 Å². The molecule has 0 aromatic heterocycles. The second-order valence-electron chi connectivity index (χ2n) is 8.75. The summed E-state index contributed by atoms with van der Waals surface area (Å²) in [6, 6.07) is 17.1. The Bertz CT molecular complexity index is 861. The molecule has 2 aromatic rings. The minimum atomic E-state index is 0.123. The van der Waals surface area contributed by atoms with E-state index in [9.17, 15) is 0 Å². The van der Waals surface area contributed by atoms with Gasteiger partial charge in [0.05, 0.1) is 7.11 Å². The van der Waals surface area contributed by atoms with Crippen LogP contribution in [0.4, 0.5) is 5.69 Å². The molecule has 3 aliphatic heterocycles. The number of hydrogen-bond donors (Lipinski definition) is 0. The molecular formula is C25H33N3O3. The highest BCUT2D eigenvalue weighted by Crippen LogP contribution is 2.31. The number of hydrogen-bond acceptors (Lipinski definition) is 6. The average Bonchev–Trinajstić information content (AvgIpc) is 2.85. The molecule has 0 radical (unpaired) electrons. The van der Waals surface area contributed by atoms with E-state index in [1.54, 1.807) is 7.11 Å². The first-order valence-electron chi connectivity index (χ1n) is 11.5. The zero-order chi connectivity index (χ0) is 21.0. The van der Waals surface area contributed by atoms with Gasteiger partial charge in [0.25, 0.3) is 0 Å². The highest BCUT2D eigenvalue weighted by atomic mass is 16.6. The fourth-order valence-corrected chi connectivity index (χ4v) is 5.06. The van der Waals surface area contributed by atoms with Crippen LogP contribution in [0.5, 0.6) is 17.2 Å². The van der Waals surface area contributed by atoms with Crippen molar-refractivity contribution in [2.24, 2.45) is 0 Å². The van der Waals surface area contributed by atoms with E-state index in [0.29, 0.717) is 12.6 Å². The van der Waals surface area contributed by atoms with Gasteiger partial charge in [-0.15, -0.1) is 0 Å². The minimum absolute atomic E-state index is 0.123. The molecule has 2 fully saturated rings. The summed E-state index contributed by atoms with van der Waals surface area (Å²) >= 11 is 0. The molecule has 0 saturated carbocycles. The van der Waals surface area contributed by atoms with Crippen molar-refractivity contribution in [3.63, 3.8) is 0 Å². The second-order valence-corrected chi connectivity index (χ2v) is 8.75. The van der Waals surface area contributed by atoms with Gasteiger partial charge in [-0.1, -0.05) is 18.2 Å². The normalized spacial score (nSPS) is 23.0. The number of piperidine rings is 1. The van der Waals surface area contributed by atoms with Crippen LogP contribution in [0.1, 0.15) is 12.8 Å². The molecule has 6 nitrogen and oxygen atoms in total. The largest absolute Gasteiger partial charge is 0.497 e. The molecule has 1 unspecified atom stereocenters. The smallest absolute Gasteiger partial charge is 0.161 e. The number of rotatable bonds is 5. The van der Waals surface area contributed by atoms with Crippen LogP contribution in [-0.2, 0) is 0 Å². The third kappa shape index (κ3) is 4.75. The van der Waals surface area contributed by atoms with Gasteiger partial charge in [-0.05, 0) is 50.2 Å². The Morgan fingerprint density at radius 2 is 1.68 bits per heavy atom. The lowest BCUT2D eigenvalue weighted by Crippen LogP contribution is -2.54. The molecule has 1 atom stereocenters. The predicted molar refractivity (Wildman–Crippen MR) is 123 cm³/mol. The van der Waals surface area contributed by atoms with Crippen molar-refractivity contribution >= 4 is 5.69 Å². The highest BCUT2D eigenvalue weighted by molar-refractivity contribution is 5.51. The maximum atomic E-state index is 6.16. The van der Waals surface area contributed by atoms with Gasteiger partial charge in [0.2, 0.25) is 0 Å². The number of fused-ring (bicyclic) bond motifs is 1. The first-order valence-corrected chi connectivity index (χ1v) is 11.5. The molecule has 31 heavy (non-hydrogen) atoms. The highest BCUT2D eigenvalue weighted by Gasteiger charge is 2.30. The van der Waals surface area contributed by atoms with Gasteiger partial charge in [-0.3, -0.25) is 9.80 Å². The molecular weight excluding hydrogens is 390 g/mol. The summed E-state index contributed by atoms with van der Waals surface area (Å²) in [6.45, 7) is 8.31. The van der Waals surface area contributed by atoms with Gasteiger partial charge in [0.1, 0.15) is 18.5 Å². The van der Waals surface area contributed by atoms with Crippen molar-refractivity contribution in [2.45, 2.75) is 25.0 Å². The number of nitrogens with zero attached hydrogens (tertiary/aromatic N) is 3. The molecule has 2 aromatic carbocycles. The Kier molecular flexibility index (Phi) is 6.18. The van der Waals surface area contributed by atoms with Gasteiger partial charge in [-0.2, -0.15) is 0 Å². The number of para-hydroxylation sites is 2. The van der Waals surface area contributed by atoms with E-state index in [2.05, 4.69) is 32.9 Å². The van der Waals surface area contributed by atoms with E-state index < -0.39 is 0 Å². The number of ether oxygens (including phenoxy) is 3. The fraction of sp³-hybridized carbons (Fsp3) is 0.520. The van der Waals surface area contributed by atoms with Gasteiger partial charge < -0.3 is 19.1 Å². The summed E-state index contributed by atoms with van der Waals surface area (Å²) in [5.41, 5.74) is 1.27. The Labute approximate surface area is 185 Å². The molecule has 5 rings (SSSR count). The van der Waals surface area contributed by atoms with Crippen molar-refractivity contribution in [2.75, 3.05) is 64.4 Å². The van der Waals surface area contributed by atoms with Gasteiger partial charge in [0.15, 0.2) is 11.5 Å². The zero-order valence-electron chi connectivity index (χ0n) is 18.4. The Morgan fingerprint density at radius 1 is 0.903 bits per heavy atom. The lowest BCUT2D eigenvalue weighted by molar-refractivity contribution is 0.0381. The van der Waals surface area contributed by atoms with Gasteiger partial charge >= 0.3 is 0 Å². The minimum Gasteiger partial charge on any atom is -0.497 e. The summed E-state index contributed by atoms with van der Waals surface area (Å²) in [5.74, 6) is 2.68. The Morgan fingerprint density at radius 3 is 2.45 bits per heavy atom. The number of likely N-dealkylation sites (tertiary alicyclic amines) is 1. The molecule has 6 heteroatoms. The van der Waals surface area contributed by atoms with E-state index in [-0.39, 0.29) is 6.10 Å². The number of piperazine rings is 1. The third-order valence-electron chi connectivity index (χ3n) is 6.84. The molecule has 0 N–H and O–H groups in total. The van der Waals surface area contributed by atoms with E-state index in [4.69, 9.17) is 14.2 Å². The third-order valence-corrected chi connectivity index (χ3v) is 6.84. The quantitative estimate of drug-likeness (QED) is 0.736. The number of methoxy groups -OCH3 is 1. The van der Waals surface area contributed by atoms with Gasteiger partial charge in [0, 0.05) is 50.5 Å². The molecule has 0 bridgehead atoms. The maximum Gasteiger partial charge on any atom is 0.161 e. The Balaban J connectivity index is 1.07. The zero-order valence-corrected chi connectivity index (χ0v) is 18.4. The maximum absolute atomic E-state index is 6.16. The molecule has 3 heterocycles. The van der Waals surface area contributed by atoms with Gasteiger partial charge in [-0.25, -0.2) is 0 Å². The lowest BCUT2D eigenvalue weighted by Gasteiger charge is -2.44. The summed E-state index contributed by atoms with van der Waals surface area (Å²) in [5, 5.41) is 0. The standard InChI is InChI=1S/C25H33N3O3/c1-29-22-6-4-5-21(17-22)28-15-13-27(14-16-28)20-9-11-26(12-10-20)18-23-19-30-24-7-2-3-8-25(24)31-23/h2-8,17,20,23H,9-16,18-19H2,1H3. The van der Waals surface area contributed by atoms with Crippen LogP contribution in [0, 0.1) is 0 Å². The summed E-state index contributed by atoms with van der Waals surface area (Å²) in [7, 11) is 1.73. The first-order chi connectivity index (χ1) is 15.3. The Hall–Kier alpha value is -2.44. The topological polar surface area (TPSA) is 37.4 Å². The molecule has 0 aliphatic carbocycles. The predicted octanol–water partition coefficient (Wildman–Crippen LogP) is 3.12. The molecule has 3 aliphatic rings. The monoisotopic (exact) mass is 423 g/mol. The number of anilines is 1.